The highest BCUT2D eigenvalue weighted by Crippen LogP contribution is 2.38. The first-order valence-corrected chi connectivity index (χ1v) is 7.94. The molecule has 0 aliphatic carbocycles. The molecule has 3 rings (SSSR count). The molecule has 0 radical (unpaired) electrons. The molecule has 1 N–H and O–H groups in total. The number of amides is 1. The third-order valence-corrected chi connectivity index (χ3v) is 4.70. The van der Waals surface area contributed by atoms with Crippen molar-refractivity contribution < 1.29 is 4.79 Å². The SMILES string of the molecule is Cc1cc(=O)[nH]c(C2(C)CCCN2C(=O)c2ccccc2Cl)n1. The van der Waals surface area contributed by atoms with Gasteiger partial charge >= 0.3 is 0 Å². The lowest BCUT2D eigenvalue weighted by atomic mass is 9.96. The summed E-state index contributed by atoms with van der Waals surface area (Å²) in [4.78, 5) is 33.7. The third-order valence-electron chi connectivity index (χ3n) is 4.37. The number of nitrogens with zero attached hydrogens (tertiary/aromatic N) is 2. The van der Waals surface area contributed by atoms with E-state index in [0.29, 0.717) is 28.6 Å². The molecule has 1 aromatic carbocycles. The maximum atomic E-state index is 12.9. The van der Waals surface area contributed by atoms with Crippen LogP contribution >= 0.6 is 11.6 Å². The van der Waals surface area contributed by atoms with Crippen LogP contribution in [0.15, 0.2) is 35.1 Å². The van der Waals surface area contributed by atoms with Crippen LogP contribution in [0.5, 0.6) is 0 Å². The molecule has 1 unspecified atom stereocenters. The summed E-state index contributed by atoms with van der Waals surface area (Å²) in [6.45, 7) is 4.32. The predicted octanol–water partition coefficient (Wildman–Crippen LogP) is 2.88. The summed E-state index contributed by atoms with van der Waals surface area (Å²) in [5, 5.41) is 0.428. The summed E-state index contributed by atoms with van der Waals surface area (Å²) in [5.74, 6) is 0.389. The molecule has 2 aromatic rings. The van der Waals surface area contributed by atoms with E-state index in [1.807, 2.05) is 6.92 Å². The second-order valence-corrected chi connectivity index (χ2v) is 6.46. The molecule has 6 heteroatoms. The van der Waals surface area contributed by atoms with E-state index >= 15 is 0 Å². The highest BCUT2D eigenvalue weighted by atomic mass is 35.5. The molecule has 1 aliphatic rings. The normalized spacial score (nSPS) is 20.7. The van der Waals surface area contributed by atoms with Gasteiger partial charge in [0.25, 0.3) is 11.5 Å². The predicted molar refractivity (Wildman–Crippen MR) is 88.7 cm³/mol. The van der Waals surface area contributed by atoms with Crippen molar-refractivity contribution in [2.45, 2.75) is 32.2 Å². The first kappa shape index (κ1) is 15.7. The molecule has 23 heavy (non-hydrogen) atoms. The molecule has 5 nitrogen and oxygen atoms in total. The van der Waals surface area contributed by atoms with Gasteiger partial charge in [-0.25, -0.2) is 4.98 Å². The van der Waals surface area contributed by atoms with E-state index in [-0.39, 0.29) is 11.5 Å². The van der Waals surface area contributed by atoms with Gasteiger partial charge in [-0.05, 0) is 38.8 Å². The molecule has 1 aliphatic heterocycles. The number of aromatic nitrogens is 2. The number of hydrogen-bond acceptors (Lipinski definition) is 3. The average molecular weight is 332 g/mol. The summed E-state index contributed by atoms with van der Waals surface area (Å²) >= 11 is 6.17. The minimum absolute atomic E-state index is 0.139. The van der Waals surface area contributed by atoms with Crippen LogP contribution in [0.2, 0.25) is 5.02 Å². The van der Waals surface area contributed by atoms with Crippen molar-refractivity contribution in [3.05, 3.63) is 62.8 Å². The number of carbonyl (C=O) groups is 1. The van der Waals surface area contributed by atoms with E-state index < -0.39 is 5.54 Å². The quantitative estimate of drug-likeness (QED) is 0.920. The Kier molecular flexibility index (Phi) is 3.98. The third kappa shape index (κ3) is 2.77. The minimum Gasteiger partial charge on any atom is -0.326 e. The second kappa shape index (κ2) is 5.81. The van der Waals surface area contributed by atoms with Crippen molar-refractivity contribution in [2.75, 3.05) is 6.54 Å². The van der Waals surface area contributed by atoms with Crippen LogP contribution in [0.3, 0.4) is 0 Å². The molecule has 1 saturated heterocycles. The second-order valence-electron chi connectivity index (χ2n) is 6.05. The van der Waals surface area contributed by atoms with Gasteiger partial charge in [-0.15, -0.1) is 0 Å². The van der Waals surface area contributed by atoms with Gasteiger partial charge in [0.2, 0.25) is 0 Å². The Morgan fingerprint density at radius 3 is 2.83 bits per heavy atom. The van der Waals surface area contributed by atoms with E-state index in [2.05, 4.69) is 9.97 Å². The van der Waals surface area contributed by atoms with Gasteiger partial charge in [-0.2, -0.15) is 0 Å². The highest BCUT2D eigenvalue weighted by molar-refractivity contribution is 6.33. The molecule has 1 fully saturated rings. The van der Waals surface area contributed by atoms with Crippen LogP contribution in [-0.2, 0) is 5.54 Å². The van der Waals surface area contributed by atoms with E-state index in [9.17, 15) is 9.59 Å². The Hall–Kier alpha value is -2.14. The van der Waals surface area contributed by atoms with Crippen LogP contribution in [0.1, 0.15) is 41.6 Å². The number of rotatable bonds is 2. The zero-order valence-corrected chi connectivity index (χ0v) is 13.9. The van der Waals surface area contributed by atoms with Crippen molar-refractivity contribution in [3.63, 3.8) is 0 Å². The van der Waals surface area contributed by atoms with Gasteiger partial charge in [-0.3, -0.25) is 9.59 Å². The van der Waals surface area contributed by atoms with Crippen LogP contribution in [-0.4, -0.2) is 27.3 Å². The number of halogens is 1. The summed E-state index contributed by atoms with van der Waals surface area (Å²) in [6, 6.07) is 8.45. The zero-order valence-electron chi connectivity index (χ0n) is 13.1. The van der Waals surface area contributed by atoms with Crippen LogP contribution in [0, 0.1) is 6.92 Å². The Labute approximate surface area is 139 Å². The Morgan fingerprint density at radius 2 is 2.13 bits per heavy atom. The summed E-state index contributed by atoms with van der Waals surface area (Å²) < 4.78 is 0. The topological polar surface area (TPSA) is 66.1 Å². The van der Waals surface area contributed by atoms with E-state index in [1.54, 1.807) is 36.1 Å². The lowest BCUT2D eigenvalue weighted by Gasteiger charge is -2.34. The fourth-order valence-corrected chi connectivity index (χ4v) is 3.37. The van der Waals surface area contributed by atoms with E-state index in [1.165, 1.54) is 6.07 Å². The molecule has 1 atom stereocenters. The minimum atomic E-state index is -0.637. The molecular weight excluding hydrogens is 314 g/mol. The Morgan fingerprint density at radius 1 is 1.39 bits per heavy atom. The Balaban J connectivity index is 2.04. The number of carbonyl (C=O) groups excluding carboxylic acids is 1. The number of H-pyrrole nitrogens is 1. The van der Waals surface area contributed by atoms with Crippen molar-refractivity contribution in [1.29, 1.82) is 0 Å². The number of hydrogen-bond donors (Lipinski definition) is 1. The highest BCUT2D eigenvalue weighted by Gasteiger charge is 2.43. The van der Waals surface area contributed by atoms with Gasteiger partial charge in [0.05, 0.1) is 16.1 Å². The molecule has 120 valence electrons. The Bertz CT molecular complexity index is 817. The van der Waals surface area contributed by atoms with Gasteiger partial charge in [0.1, 0.15) is 5.82 Å². The van der Waals surface area contributed by atoms with Crippen LogP contribution in [0.4, 0.5) is 0 Å². The van der Waals surface area contributed by atoms with Crippen molar-refractivity contribution in [1.82, 2.24) is 14.9 Å². The monoisotopic (exact) mass is 331 g/mol. The maximum Gasteiger partial charge on any atom is 0.256 e. The first-order chi connectivity index (χ1) is 10.9. The number of nitrogens with one attached hydrogen (secondary N) is 1. The molecule has 1 amide bonds. The largest absolute Gasteiger partial charge is 0.326 e. The zero-order chi connectivity index (χ0) is 16.6. The van der Waals surface area contributed by atoms with Gasteiger partial charge < -0.3 is 9.88 Å². The van der Waals surface area contributed by atoms with Crippen molar-refractivity contribution in [3.8, 4) is 0 Å². The molecular formula is C17H18ClN3O2. The fourth-order valence-electron chi connectivity index (χ4n) is 3.15. The molecule has 0 spiro atoms. The fraction of sp³-hybridized carbons (Fsp3) is 0.353. The van der Waals surface area contributed by atoms with Gasteiger partial charge in [-0.1, -0.05) is 23.7 Å². The van der Waals surface area contributed by atoms with Crippen LogP contribution in [0.25, 0.3) is 0 Å². The van der Waals surface area contributed by atoms with Gasteiger partial charge in [0, 0.05) is 18.3 Å². The molecule has 0 bridgehead atoms. The van der Waals surface area contributed by atoms with Gasteiger partial charge in [0.15, 0.2) is 0 Å². The number of benzene rings is 1. The average Bonchev–Trinajstić information content (AvgIpc) is 2.89. The number of aryl methyl sites for hydroxylation is 1. The number of aromatic amines is 1. The lowest BCUT2D eigenvalue weighted by molar-refractivity contribution is 0.0603. The van der Waals surface area contributed by atoms with Crippen molar-refractivity contribution in [2.24, 2.45) is 0 Å². The van der Waals surface area contributed by atoms with E-state index in [0.717, 1.165) is 12.8 Å². The summed E-state index contributed by atoms with van der Waals surface area (Å²) in [7, 11) is 0. The van der Waals surface area contributed by atoms with Crippen LogP contribution < -0.4 is 5.56 Å². The standard InChI is InChI=1S/C17H18ClN3O2/c1-11-10-14(22)20-16(19-11)17(2)8-5-9-21(17)15(23)12-6-3-4-7-13(12)18/h3-4,6-7,10H,5,8-9H2,1-2H3,(H,19,20,22). The smallest absolute Gasteiger partial charge is 0.256 e. The molecule has 2 heterocycles. The molecule has 0 saturated carbocycles. The molecule has 1 aromatic heterocycles. The van der Waals surface area contributed by atoms with Crippen molar-refractivity contribution >= 4 is 17.5 Å². The summed E-state index contributed by atoms with van der Waals surface area (Å²) in [5.41, 5.74) is 0.270. The maximum absolute atomic E-state index is 12.9. The summed E-state index contributed by atoms with van der Waals surface area (Å²) in [6.07, 6.45) is 1.60. The lowest BCUT2D eigenvalue weighted by Crippen LogP contribution is -2.45. The number of likely N-dealkylation sites (tertiary alicyclic amines) is 1. The first-order valence-electron chi connectivity index (χ1n) is 7.57. The van der Waals surface area contributed by atoms with E-state index in [4.69, 9.17) is 11.6 Å².